The number of fused-ring (bicyclic) bond motifs is 1. The summed E-state index contributed by atoms with van der Waals surface area (Å²) in [4.78, 5) is 13.9. The molecule has 3 rings (SSSR count). The molecule has 7 heteroatoms. The molecule has 1 aliphatic heterocycles. The van der Waals surface area contributed by atoms with Gasteiger partial charge in [0.25, 0.3) is 0 Å². The molecule has 2 aromatic rings. The van der Waals surface area contributed by atoms with Crippen molar-refractivity contribution in [1.82, 2.24) is 24.4 Å². The van der Waals surface area contributed by atoms with Gasteiger partial charge in [0.15, 0.2) is 10.4 Å². The molecule has 1 atom stereocenters. The van der Waals surface area contributed by atoms with E-state index in [2.05, 4.69) is 26.9 Å². The molecule has 1 aliphatic rings. The standard InChI is InChI=1S/C12H17N5OS/c1-16-5-3-4-8(16)6-17-10-9(15-12(17)19)11(18-2)14-7-13-10/h7-8H,3-6H2,1-2H3,(H,15,19). The molecule has 0 saturated carbocycles. The Morgan fingerprint density at radius 1 is 1.53 bits per heavy atom. The minimum absolute atomic E-state index is 0.520. The van der Waals surface area contributed by atoms with Gasteiger partial charge in [-0.3, -0.25) is 4.57 Å². The summed E-state index contributed by atoms with van der Waals surface area (Å²) in [6.45, 7) is 2.01. The van der Waals surface area contributed by atoms with Crippen molar-refractivity contribution in [3.63, 3.8) is 0 Å². The fourth-order valence-corrected chi connectivity index (χ4v) is 2.95. The van der Waals surface area contributed by atoms with Crippen LogP contribution in [0.5, 0.6) is 5.88 Å². The highest BCUT2D eigenvalue weighted by Crippen LogP contribution is 2.23. The van der Waals surface area contributed by atoms with Crippen LogP contribution in [0.15, 0.2) is 6.33 Å². The van der Waals surface area contributed by atoms with Crippen molar-refractivity contribution in [3.05, 3.63) is 11.1 Å². The summed E-state index contributed by atoms with van der Waals surface area (Å²) in [7, 11) is 3.76. The normalized spacial score (nSPS) is 20.2. The third-order valence-electron chi connectivity index (χ3n) is 3.78. The van der Waals surface area contributed by atoms with E-state index < -0.39 is 0 Å². The van der Waals surface area contributed by atoms with Gasteiger partial charge in [0, 0.05) is 12.6 Å². The topological polar surface area (TPSA) is 59.0 Å². The van der Waals surface area contributed by atoms with Crippen LogP contribution in [-0.4, -0.2) is 51.2 Å². The van der Waals surface area contributed by atoms with E-state index in [0.29, 0.717) is 16.7 Å². The van der Waals surface area contributed by atoms with E-state index in [9.17, 15) is 0 Å². The lowest BCUT2D eigenvalue weighted by Gasteiger charge is -2.19. The molecular weight excluding hydrogens is 262 g/mol. The summed E-state index contributed by atoms with van der Waals surface area (Å²) >= 11 is 5.40. The molecular formula is C12H17N5OS. The molecule has 3 heterocycles. The Hall–Kier alpha value is -1.47. The van der Waals surface area contributed by atoms with Crippen molar-refractivity contribution in [2.24, 2.45) is 0 Å². The minimum Gasteiger partial charge on any atom is -0.479 e. The first-order valence-electron chi connectivity index (χ1n) is 6.38. The first kappa shape index (κ1) is 12.6. The summed E-state index contributed by atoms with van der Waals surface area (Å²) < 4.78 is 7.95. The maximum absolute atomic E-state index is 5.40. The van der Waals surface area contributed by atoms with Crippen LogP contribution >= 0.6 is 12.2 Å². The maximum Gasteiger partial charge on any atom is 0.242 e. The second-order valence-corrected chi connectivity index (χ2v) is 5.29. The van der Waals surface area contributed by atoms with E-state index in [-0.39, 0.29) is 0 Å². The van der Waals surface area contributed by atoms with Gasteiger partial charge < -0.3 is 14.6 Å². The summed E-state index contributed by atoms with van der Waals surface area (Å²) in [5.74, 6) is 0.537. The number of hydrogen-bond acceptors (Lipinski definition) is 5. The predicted molar refractivity (Wildman–Crippen MR) is 74.9 cm³/mol. The monoisotopic (exact) mass is 279 g/mol. The van der Waals surface area contributed by atoms with Gasteiger partial charge in [-0.15, -0.1) is 0 Å². The highest BCUT2D eigenvalue weighted by molar-refractivity contribution is 7.71. The van der Waals surface area contributed by atoms with Crippen molar-refractivity contribution in [1.29, 1.82) is 0 Å². The van der Waals surface area contributed by atoms with E-state index in [1.807, 2.05) is 4.57 Å². The van der Waals surface area contributed by atoms with Gasteiger partial charge in [0.2, 0.25) is 5.88 Å². The third-order valence-corrected chi connectivity index (χ3v) is 4.11. The predicted octanol–water partition coefficient (Wildman–Crippen LogP) is 1.59. The number of rotatable bonds is 3. The number of imidazole rings is 1. The molecule has 1 N–H and O–H groups in total. The quantitative estimate of drug-likeness (QED) is 0.865. The average molecular weight is 279 g/mol. The first-order valence-corrected chi connectivity index (χ1v) is 6.79. The number of likely N-dealkylation sites (tertiary alicyclic amines) is 1. The number of likely N-dealkylation sites (N-methyl/N-ethyl adjacent to an activating group) is 1. The summed E-state index contributed by atoms with van der Waals surface area (Å²) in [5, 5.41) is 0. The van der Waals surface area contributed by atoms with Crippen molar-refractivity contribution in [2.45, 2.75) is 25.4 Å². The van der Waals surface area contributed by atoms with E-state index in [4.69, 9.17) is 17.0 Å². The van der Waals surface area contributed by atoms with Crippen LogP contribution < -0.4 is 4.74 Å². The average Bonchev–Trinajstić information content (AvgIpc) is 2.95. The Kier molecular flexibility index (Phi) is 3.24. The van der Waals surface area contributed by atoms with Crippen molar-refractivity contribution >= 4 is 23.4 Å². The lowest BCUT2D eigenvalue weighted by atomic mass is 10.2. The summed E-state index contributed by atoms with van der Waals surface area (Å²) in [6.07, 6.45) is 3.96. The largest absolute Gasteiger partial charge is 0.479 e. The van der Waals surface area contributed by atoms with Crippen LogP contribution in [0.4, 0.5) is 0 Å². The number of nitrogens with zero attached hydrogens (tertiary/aromatic N) is 4. The highest BCUT2D eigenvalue weighted by Gasteiger charge is 2.23. The fraction of sp³-hybridized carbons (Fsp3) is 0.583. The first-order chi connectivity index (χ1) is 9.20. The van der Waals surface area contributed by atoms with Crippen LogP contribution in [0.2, 0.25) is 0 Å². The zero-order chi connectivity index (χ0) is 13.4. The highest BCUT2D eigenvalue weighted by atomic mass is 32.1. The second kappa shape index (κ2) is 4.90. The van der Waals surface area contributed by atoms with Gasteiger partial charge in [-0.2, -0.15) is 4.98 Å². The van der Waals surface area contributed by atoms with E-state index in [0.717, 1.165) is 24.3 Å². The molecule has 0 radical (unpaired) electrons. The number of hydrogen-bond donors (Lipinski definition) is 1. The zero-order valence-electron chi connectivity index (χ0n) is 11.1. The zero-order valence-corrected chi connectivity index (χ0v) is 11.9. The van der Waals surface area contributed by atoms with Crippen LogP contribution in [-0.2, 0) is 6.54 Å². The Balaban J connectivity index is 2.03. The van der Waals surface area contributed by atoms with Gasteiger partial charge in [-0.25, -0.2) is 4.98 Å². The van der Waals surface area contributed by atoms with Crippen LogP contribution in [0, 0.1) is 4.77 Å². The van der Waals surface area contributed by atoms with Gasteiger partial charge in [0.05, 0.1) is 7.11 Å². The Labute approximate surface area is 116 Å². The Bertz CT molecular complexity index is 649. The van der Waals surface area contributed by atoms with Crippen LogP contribution in [0.25, 0.3) is 11.2 Å². The SMILES string of the molecule is COc1ncnc2c1[nH]c(=S)n2CC1CCCN1C. The smallest absolute Gasteiger partial charge is 0.242 e. The minimum atomic E-state index is 0.520. The number of nitrogens with one attached hydrogen (secondary N) is 1. The molecule has 19 heavy (non-hydrogen) atoms. The molecule has 0 bridgehead atoms. The lowest BCUT2D eigenvalue weighted by molar-refractivity contribution is 0.283. The number of aromatic nitrogens is 4. The van der Waals surface area contributed by atoms with Crippen molar-refractivity contribution in [2.75, 3.05) is 20.7 Å². The van der Waals surface area contributed by atoms with Crippen molar-refractivity contribution < 1.29 is 4.74 Å². The molecule has 1 unspecified atom stereocenters. The van der Waals surface area contributed by atoms with Crippen LogP contribution in [0.1, 0.15) is 12.8 Å². The molecule has 0 spiro atoms. The van der Waals surface area contributed by atoms with Crippen LogP contribution in [0.3, 0.4) is 0 Å². The van der Waals surface area contributed by atoms with E-state index >= 15 is 0 Å². The molecule has 0 aliphatic carbocycles. The van der Waals surface area contributed by atoms with Crippen molar-refractivity contribution in [3.8, 4) is 5.88 Å². The second-order valence-electron chi connectivity index (χ2n) is 4.90. The number of H-pyrrole nitrogens is 1. The van der Waals surface area contributed by atoms with E-state index in [1.54, 1.807) is 7.11 Å². The molecule has 102 valence electrons. The number of aromatic amines is 1. The summed E-state index contributed by atoms with van der Waals surface area (Å²) in [6, 6.07) is 0.520. The van der Waals surface area contributed by atoms with Gasteiger partial charge in [-0.1, -0.05) is 0 Å². The Morgan fingerprint density at radius 2 is 2.37 bits per heavy atom. The number of ether oxygens (including phenoxy) is 1. The third kappa shape index (κ3) is 2.12. The Morgan fingerprint density at radius 3 is 3.05 bits per heavy atom. The molecule has 6 nitrogen and oxygen atoms in total. The molecule has 1 fully saturated rings. The molecule has 1 saturated heterocycles. The van der Waals surface area contributed by atoms with Gasteiger partial charge in [-0.05, 0) is 38.7 Å². The van der Waals surface area contributed by atoms with E-state index in [1.165, 1.54) is 19.2 Å². The van der Waals surface area contributed by atoms with Gasteiger partial charge >= 0.3 is 0 Å². The lowest BCUT2D eigenvalue weighted by Crippen LogP contribution is -2.29. The summed E-state index contributed by atoms with van der Waals surface area (Å²) in [5.41, 5.74) is 1.59. The molecule has 0 amide bonds. The fourth-order valence-electron chi connectivity index (χ4n) is 2.69. The molecule has 0 aromatic carbocycles. The molecule has 2 aromatic heterocycles. The van der Waals surface area contributed by atoms with Gasteiger partial charge in [0.1, 0.15) is 11.8 Å². The maximum atomic E-state index is 5.40. The number of methoxy groups -OCH3 is 1.